The van der Waals surface area contributed by atoms with Gasteiger partial charge in [0.05, 0.1) is 41.5 Å². The third-order valence-electron chi connectivity index (χ3n) is 11.8. The van der Waals surface area contributed by atoms with Gasteiger partial charge in [0.2, 0.25) is 0 Å². The third kappa shape index (κ3) is 16.7. The van der Waals surface area contributed by atoms with Crippen molar-refractivity contribution in [3.8, 4) is 46.5 Å². The van der Waals surface area contributed by atoms with Crippen molar-refractivity contribution >= 4 is 47.8 Å². The number of para-hydroxylation sites is 4. The fourth-order valence-corrected chi connectivity index (χ4v) is 8.09. The van der Waals surface area contributed by atoms with Gasteiger partial charge >= 0.3 is 11.9 Å². The highest BCUT2D eigenvalue weighted by Gasteiger charge is 2.25. The van der Waals surface area contributed by atoms with Crippen molar-refractivity contribution in [2.45, 2.75) is 70.7 Å². The zero-order valence-corrected chi connectivity index (χ0v) is 45.4. The van der Waals surface area contributed by atoms with Gasteiger partial charge in [-0.15, -0.1) is 24.8 Å². The Kier molecular flexibility index (Phi) is 22.1. The quantitative estimate of drug-likeness (QED) is 0.0363. The number of imidazole rings is 2. The summed E-state index contributed by atoms with van der Waals surface area (Å²) in [6, 6.07) is 29.7. The molecule has 0 saturated heterocycles. The zero-order chi connectivity index (χ0) is 54.2. The molecule has 0 bridgehead atoms. The highest BCUT2D eigenvalue weighted by molar-refractivity contribution is 5.85. The number of nitrogens with zero attached hydrogens (tertiary/aromatic N) is 8. The second-order valence-corrected chi connectivity index (χ2v) is 19.0. The number of aliphatic carboxylic acids is 1. The molecule has 412 valence electrons. The van der Waals surface area contributed by atoms with Crippen LogP contribution in [-0.4, -0.2) is 125 Å². The molecular weight excluding hydrogens is 1040 g/mol. The van der Waals surface area contributed by atoms with Gasteiger partial charge in [-0.3, -0.25) is 0 Å². The number of carboxylic acid groups (broad SMARTS) is 1. The summed E-state index contributed by atoms with van der Waals surface area (Å²) in [5.74, 6) is 2.33. The van der Waals surface area contributed by atoms with Crippen LogP contribution in [0.1, 0.15) is 57.4 Å². The normalized spacial score (nSPS) is 11.9. The molecule has 6 heterocycles. The molecule has 0 aliphatic rings. The topological polar surface area (TPSA) is 257 Å². The monoisotopic (exact) mass is 1110 g/mol. The summed E-state index contributed by atoms with van der Waals surface area (Å²) >= 11 is 0. The Morgan fingerprint density at radius 2 is 1.04 bits per heavy atom. The van der Waals surface area contributed by atoms with E-state index in [1.165, 1.54) is 0 Å². The predicted molar refractivity (Wildman–Crippen MR) is 296 cm³/mol. The number of nitrogens with one attached hydrogen (secondary N) is 2. The van der Waals surface area contributed by atoms with E-state index < -0.39 is 36.3 Å². The molecule has 5 N–H and O–H groups in total. The minimum Gasteiger partial charge on any atom is -0.489 e. The molecule has 6 aromatic heterocycles. The van der Waals surface area contributed by atoms with Crippen molar-refractivity contribution in [1.82, 2.24) is 38.5 Å². The van der Waals surface area contributed by atoms with Crippen LogP contribution in [-0.2, 0) is 27.2 Å². The van der Waals surface area contributed by atoms with Crippen molar-refractivity contribution in [3.63, 3.8) is 0 Å². The Balaban J connectivity index is 0.000000281. The number of β-amino-alcohol motifs (C(OH)–C–C–N with tert-alkyl or cyclic N) is 2. The molecule has 0 radical (unpaired) electrons. The molecule has 0 unspecified atom stereocenters. The Labute approximate surface area is 464 Å². The van der Waals surface area contributed by atoms with Crippen LogP contribution in [0.5, 0.6) is 23.0 Å². The van der Waals surface area contributed by atoms with E-state index in [9.17, 15) is 19.8 Å². The van der Waals surface area contributed by atoms with Gasteiger partial charge in [-0.05, 0) is 95.3 Å². The number of ether oxygens (including phenoxy) is 5. The van der Waals surface area contributed by atoms with Crippen LogP contribution in [0.25, 0.3) is 22.4 Å². The first-order valence-electron chi connectivity index (χ1n) is 24.5. The number of hydrogen-bond donors (Lipinski definition) is 5. The summed E-state index contributed by atoms with van der Waals surface area (Å²) in [6.45, 7) is 10.4. The number of aliphatic hydroxyl groups excluding tert-OH is 2. The lowest BCUT2D eigenvalue weighted by atomic mass is 10.00. The Bertz CT molecular complexity index is 3320. The van der Waals surface area contributed by atoms with E-state index in [0.29, 0.717) is 72.2 Å². The minimum absolute atomic E-state index is 0. The number of carboxylic acids is 1. The molecule has 0 saturated carbocycles. The molecule has 8 aromatic rings. The summed E-state index contributed by atoms with van der Waals surface area (Å²) in [7, 11) is 0. The van der Waals surface area contributed by atoms with Crippen LogP contribution >= 0.6 is 24.8 Å². The van der Waals surface area contributed by atoms with Crippen LogP contribution in [0.2, 0.25) is 0 Å². The number of esters is 1. The molecule has 0 aliphatic carbocycles. The molecule has 22 heteroatoms. The number of carbonyl (C=O) groups excluding carboxylic acids is 1. The molecule has 20 nitrogen and oxygen atoms in total. The van der Waals surface area contributed by atoms with Crippen molar-refractivity contribution < 1.29 is 48.6 Å². The Morgan fingerprint density at radius 1 is 0.615 bits per heavy atom. The SMILES string of the molecule is CC(C)(Cc1ncc2c(OCC(=O)O)cccn12)NC[C@H](O)COc1ccccc1-n1ccc(C#N)c1.CCOC(=O)COc1cccn2c(CC(C)(C)NC[C@H](O)COc3ccccc3-n3ccc(C#N)c3)ncc12.Cl.Cl. The summed E-state index contributed by atoms with van der Waals surface area (Å²) in [4.78, 5) is 31.6. The van der Waals surface area contributed by atoms with Gasteiger partial charge < -0.3 is 67.6 Å². The van der Waals surface area contributed by atoms with Gasteiger partial charge in [0.1, 0.15) is 83.2 Å². The van der Waals surface area contributed by atoms with E-state index in [0.717, 1.165) is 28.5 Å². The van der Waals surface area contributed by atoms with E-state index in [4.69, 9.17) is 39.3 Å². The maximum atomic E-state index is 11.7. The lowest BCUT2D eigenvalue weighted by Crippen LogP contribution is -2.46. The predicted octanol–water partition coefficient (Wildman–Crippen LogP) is 6.94. The number of aromatic nitrogens is 6. The molecule has 78 heavy (non-hydrogen) atoms. The first kappa shape index (κ1) is 60.8. The third-order valence-corrected chi connectivity index (χ3v) is 11.8. The molecule has 0 amide bonds. The molecule has 0 fully saturated rings. The van der Waals surface area contributed by atoms with E-state index >= 15 is 0 Å². The molecule has 0 aliphatic heterocycles. The lowest BCUT2D eigenvalue weighted by molar-refractivity contribution is -0.145. The van der Waals surface area contributed by atoms with Crippen molar-refractivity contribution in [1.29, 1.82) is 10.5 Å². The first-order valence-corrected chi connectivity index (χ1v) is 24.5. The van der Waals surface area contributed by atoms with Crippen LogP contribution in [0.3, 0.4) is 0 Å². The summed E-state index contributed by atoms with van der Waals surface area (Å²) in [5.41, 5.74) is 3.32. The fourth-order valence-electron chi connectivity index (χ4n) is 8.09. The van der Waals surface area contributed by atoms with E-state index in [1.54, 1.807) is 74.4 Å². The summed E-state index contributed by atoms with van der Waals surface area (Å²) < 4.78 is 35.2. The Hall–Kier alpha value is -8.08. The second-order valence-electron chi connectivity index (χ2n) is 19.0. The van der Waals surface area contributed by atoms with Crippen LogP contribution in [0, 0.1) is 22.7 Å². The first-order chi connectivity index (χ1) is 36.5. The number of rotatable bonds is 25. The van der Waals surface area contributed by atoms with Gasteiger partial charge in [0, 0.05) is 74.2 Å². The maximum Gasteiger partial charge on any atom is 0.344 e. The summed E-state index contributed by atoms with van der Waals surface area (Å²) in [6.07, 6.45) is 13.8. The average Bonchev–Trinajstić information content (AvgIpc) is 4.29. The van der Waals surface area contributed by atoms with Crippen molar-refractivity contribution in [3.05, 3.63) is 157 Å². The summed E-state index contributed by atoms with van der Waals surface area (Å²) in [5, 5.41) is 55.1. The number of benzene rings is 2. The number of aliphatic hydroxyl groups is 2. The minimum atomic E-state index is -1.05. The van der Waals surface area contributed by atoms with E-state index in [-0.39, 0.29) is 50.2 Å². The standard InChI is InChI=1S/C29H33N5O5.C27H29N5O5.2ClH/c1-4-37-28(36)20-39-26-10-7-12-34-24(26)17-31-27(34)14-29(2,3)32-16-22(35)19-38-25-9-6-5-8-23(25)33-13-11-21(15-30)18-33;1-27(2,12-25-29-15-22-24(37-18-26(34)35)8-5-10-32(22)25)30-14-20(33)17-36-23-7-4-3-6-21(23)31-11-9-19(13-28)16-31;;/h5-13,17-18,22,32,35H,4,14,16,19-20H2,1-3H3;3-11,15-16,20,30,33H,12,14,17-18H2,1-2H3,(H,34,35);2*1H/t22-;20-;;/m00../s1. The largest absolute Gasteiger partial charge is 0.489 e. The number of carbonyl (C=O) groups is 2. The van der Waals surface area contributed by atoms with Gasteiger partial charge in [0.25, 0.3) is 0 Å². The van der Waals surface area contributed by atoms with Gasteiger partial charge in [-0.2, -0.15) is 10.5 Å². The number of halogens is 2. The molecule has 8 rings (SSSR count). The number of fused-ring (bicyclic) bond motifs is 2. The smallest absolute Gasteiger partial charge is 0.344 e. The van der Waals surface area contributed by atoms with Crippen molar-refractivity contribution in [2.75, 3.05) is 46.1 Å². The second kappa shape index (κ2) is 28.3. The number of nitriles is 2. The maximum absolute atomic E-state index is 11.7. The van der Waals surface area contributed by atoms with Gasteiger partial charge in [-0.25, -0.2) is 19.6 Å². The highest BCUT2D eigenvalue weighted by Crippen LogP contribution is 2.27. The van der Waals surface area contributed by atoms with E-state index in [1.807, 2.05) is 113 Å². The van der Waals surface area contributed by atoms with Crippen LogP contribution in [0.15, 0.2) is 135 Å². The molecule has 2 aromatic carbocycles. The van der Waals surface area contributed by atoms with Crippen LogP contribution in [0.4, 0.5) is 0 Å². The highest BCUT2D eigenvalue weighted by atomic mass is 35.5. The number of hydrogen-bond acceptors (Lipinski definition) is 15. The molecular formula is C56H64Cl2N10O10. The zero-order valence-electron chi connectivity index (χ0n) is 43.8. The number of pyridine rings is 2. The van der Waals surface area contributed by atoms with Gasteiger partial charge in [0.15, 0.2) is 13.2 Å². The fraction of sp³-hybridized carbons (Fsp3) is 0.321. The van der Waals surface area contributed by atoms with E-state index in [2.05, 4.69) is 32.7 Å². The van der Waals surface area contributed by atoms with Crippen LogP contribution < -0.4 is 29.6 Å². The van der Waals surface area contributed by atoms with Crippen molar-refractivity contribution in [2.24, 2.45) is 0 Å². The lowest BCUT2D eigenvalue weighted by Gasteiger charge is -2.27. The Morgan fingerprint density at radius 3 is 1.45 bits per heavy atom. The molecule has 0 spiro atoms. The average molecular weight is 1110 g/mol. The van der Waals surface area contributed by atoms with Gasteiger partial charge in [-0.1, -0.05) is 24.3 Å². The molecule has 2 atom stereocenters.